The Morgan fingerprint density at radius 3 is 2.71 bits per heavy atom. The summed E-state index contributed by atoms with van der Waals surface area (Å²) in [5, 5.41) is 10.5. The average molecular weight is 198 g/mol. The number of hydrogen-bond donors (Lipinski definition) is 0. The van der Waals surface area contributed by atoms with Gasteiger partial charge in [0.25, 0.3) is 11.2 Å². The Hall–Kier alpha value is -1.69. The third-order valence-electron chi connectivity index (χ3n) is 1.88. The van der Waals surface area contributed by atoms with Gasteiger partial charge in [-0.1, -0.05) is 0 Å². The van der Waals surface area contributed by atoms with Crippen molar-refractivity contribution in [1.82, 2.24) is 4.57 Å². The van der Waals surface area contributed by atoms with Crippen LogP contribution in [0.15, 0.2) is 16.9 Å². The summed E-state index contributed by atoms with van der Waals surface area (Å²) in [6.45, 7) is 1.53. The van der Waals surface area contributed by atoms with Crippen LogP contribution in [0.3, 0.4) is 0 Å². The molecule has 0 fully saturated rings. The second-order valence-electron chi connectivity index (χ2n) is 2.75. The maximum absolute atomic E-state index is 11.3. The van der Waals surface area contributed by atoms with Gasteiger partial charge in [0.2, 0.25) is 0 Å². The molecule has 0 aliphatic rings. The van der Waals surface area contributed by atoms with Gasteiger partial charge in [0.15, 0.2) is 0 Å². The molecule has 76 valence electrons. The molecule has 0 amide bonds. The molecule has 0 aliphatic carbocycles. The van der Waals surface area contributed by atoms with Crippen molar-refractivity contribution in [3.05, 3.63) is 38.3 Å². The summed E-state index contributed by atoms with van der Waals surface area (Å²) in [7, 11) is 1.42. The molecule has 0 unspecified atom stereocenters. The van der Waals surface area contributed by atoms with E-state index in [1.54, 1.807) is 0 Å². The summed E-state index contributed by atoms with van der Waals surface area (Å²) in [5.41, 5.74) is -0.0963. The third kappa shape index (κ3) is 1.80. The number of hydrogen-bond acceptors (Lipinski definition) is 4. The number of pyridine rings is 1. The van der Waals surface area contributed by atoms with Gasteiger partial charge in [-0.2, -0.15) is 0 Å². The SMILES string of the molecule is COCn1c(C)c([N+](=O)[O-])ccc1=O. The van der Waals surface area contributed by atoms with Gasteiger partial charge in [-0.05, 0) is 6.92 Å². The van der Waals surface area contributed by atoms with Crippen molar-refractivity contribution in [3.63, 3.8) is 0 Å². The van der Waals surface area contributed by atoms with Crippen molar-refractivity contribution in [2.75, 3.05) is 7.11 Å². The van der Waals surface area contributed by atoms with Crippen LogP contribution in [0.2, 0.25) is 0 Å². The molecule has 1 heterocycles. The zero-order chi connectivity index (χ0) is 10.7. The minimum absolute atomic E-state index is 0.0202. The van der Waals surface area contributed by atoms with E-state index < -0.39 is 4.92 Å². The van der Waals surface area contributed by atoms with Gasteiger partial charge in [-0.15, -0.1) is 0 Å². The van der Waals surface area contributed by atoms with Crippen molar-refractivity contribution >= 4 is 5.69 Å². The first kappa shape index (κ1) is 10.4. The molecule has 1 aromatic heterocycles. The second-order valence-corrected chi connectivity index (χ2v) is 2.75. The fourth-order valence-electron chi connectivity index (χ4n) is 1.15. The minimum Gasteiger partial charge on any atom is -0.364 e. The van der Waals surface area contributed by atoms with Crippen LogP contribution in [-0.4, -0.2) is 16.6 Å². The quantitative estimate of drug-likeness (QED) is 0.528. The molecule has 0 bridgehead atoms. The smallest absolute Gasteiger partial charge is 0.288 e. The van der Waals surface area contributed by atoms with E-state index in [1.165, 1.54) is 24.7 Å². The highest BCUT2D eigenvalue weighted by molar-refractivity contribution is 5.34. The van der Waals surface area contributed by atoms with Crippen molar-refractivity contribution in [2.45, 2.75) is 13.7 Å². The van der Waals surface area contributed by atoms with Gasteiger partial charge >= 0.3 is 0 Å². The standard InChI is InChI=1S/C8H10N2O4/c1-6-7(10(12)13)3-4-8(11)9(6)5-14-2/h3-4H,5H2,1-2H3. The van der Waals surface area contributed by atoms with Crippen LogP contribution in [0.4, 0.5) is 5.69 Å². The zero-order valence-electron chi connectivity index (χ0n) is 7.89. The first-order valence-electron chi connectivity index (χ1n) is 3.91. The summed E-state index contributed by atoms with van der Waals surface area (Å²) < 4.78 is 5.97. The average Bonchev–Trinajstić information content (AvgIpc) is 2.11. The molecule has 1 rings (SSSR count). The molecule has 1 aromatic rings. The molecule has 0 spiro atoms. The summed E-state index contributed by atoms with van der Waals surface area (Å²) in [5.74, 6) is 0. The Morgan fingerprint density at radius 2 is 2.21 bits per heavy atom. The van der Waals surface area contributed by atoms with E-state index in [1.807, 2.05) is 0 Å². The van der Waals surface area contributed by atoms with Gasteiger partial charge in [-0.3, -0.25) is 19.5 Å². The molecule has 0 saturated carbocycles. The summed E-state index contributed by atoms with van der Waals surface area (Å²) in [6, 6.07) is 2.36. The van der Waals surface area contributed by atoms with Gasteiger partial charge in [-0.25, -0.2) is 0 Å². The maximum atomic E-state index is 11.3. The van der Waals surface area contributed by atoms with Gasteiger partial charge in [0.05, 0.1) is 10.6 Å². The zero-order valence-corrected chi connectivity index (χ0v) is 7.89. The van der Waals surface area contributed by atoms with Crippen molar-refractivity contribution in [1.29, 1.82) is 0 Å². The van der Waals surface area contributed by atoms with E-state index >= 15 is 0 Å². The van der Waals surface area contributed by atoms with Crippen LogP contribution in [0.1, 0.15) is 5.69 Å². The van der Waals surface area contributed by atoms with Gasteiger partial charge < -0.3 is 4.74 Å². The topological polar surface area (TPSA) is 74.4 Å². The Morgan fingerprint density at radius 1 is 1.57 bits per heavy atom. The fourth-order valence-corrected chi connectivity index (χ4v) is 1.15. The molecule has 14 heavy (non-hydrogen) atoms. The Kier molecular flexibility index (Phi) is 2.98. The van der Waals surface area contributed by atoms with Crippen LogP contribution in [0, 0.1) is 17.0 Å². The fraction of sp³-hybridized carbons (Fsp3) is 0.375. The predicted molar refractivity (Wildman–Crippen MR) is 49.1 cm³/mol. The maximum Gasteiger partial charge on any atom is 0.288 e. The normalized spacial score (nSPS) is 10.1. The highest BCUT2D eigenvalue weighted by Gasteiger charge is 2.14. The number of rotatable bonds is 3. The number of nitro groups is 1. The van der Waals surface area contributed by atoms with Crippen LogP contribution < -0.4 is 5.56 Å². The molecular weight excluding hydrogens is 188 g/mol. The molecule has 0 radical (unpaired) electrons. The second kappa shape index (κ2) is 4.01. The third-order valence-corrected chi connectivity index (χ3v) is 1.88. The van der Waals surface area contributed by atoms with Gasteiger partial charge in [0, 0.05) is 19.2 Å². The van der Waals surface area contributed by atoms with Crippen molar-refractivity contribution in [3.8, 4) is 0 Å². The van der Waals surface area contributed by atoms with Crippen molar-refractivity contribution in [2.24, 2.45) is 0 Å². The monoisotopic (exact) mass is 198 g/mol. The molecule has 0 saturated heterocycles. The van der Waals surface area contributed by atoms with E-state index in [4.69, 9.17) is 4.74 Å². The van der Waals surface area contributed by atoms with Crippen LogP contribution >= 0.6 is 0 Å². The highest BCUT2D eigenvalue weighted by atomic mass is 16.6. The van der Waals surface area contributed by atoms with E-state index in [9.17, 15) is 14.9 Å². The predicted octanol–water partition coefficient (Wildman–Crippen LogP) is 0.669. The lowest BCUT2D eigenvalue weighted by atomic mass is 10.3. The van der Waals surface area contributed by atoms with Gasteiger partial charge in [0.1, 0.15) is 6.73 Å². The number of aromatic nitrogens is 1. The summed E-state index contributed by atoms with van der Waals surface area (Å²) in [4.78, 5) is 21.3. The summed E-state index contributed by atoms with van der Waals surface area (Å²) in [6.07, 6.45) is 0. The lowest BCUT2D eigenvalue weighted by molar-refractivity contribution is -0.386. The molecule has 0 aromatic carbocycles. The van der Waals surface area contributed by atoms with Crippen molar-refractivity contribution < 1.29 is 9.66 Å². The largest absolute Gasteiger partial charge is 0.364 e. The Bertz CT molecular complexity index is 410. The van der Waals surface area contributed by atoms with E-state index in [-0.39, 0.29) is 18.0 Å². The first-order valence-corrected chi connectivity index (χ1v) is 3.91. The van der Waals surface area contributed by atoms with Crippen LogP contribution in [0.5, 0.6) is 0 Å². The molecule has 0 aliphatic heterocycles. The minimum atomic E-state index is -0.527. The van der Waals surface area contributed by atoms with E-state index in [2.05, 4.69) is 0 Å². The molecule has 6 heteroatoms. The lowest BCUT2D eigenvalue weighted by Crippen LogP contribution is -2.23. The first-order chi connectivity index (χ1) is 6.57. The molecule has 0 atom stereocenters. The van der Waals surface area contributed by atoms with Crippen LogP contribution in [-0.2, 0) is 11.5 Å². The Labute approximate surface area is 79.9 Å². The number of nitrogens with zero attached hydrogens (tertiary/aromatic N) is 2. The highest BCUT2D eigenvalue weighted by Crippen LogP contribution is 2.13. The number of ether oxygens (including phenoxy) is 1. The number of methoxy groups -OCH3 is 1. The summed E-state index contributed by atoms with van der Waals surface area (Å²) >= 11 is 0. The molecule has 6 nitrogen and oxygen atoms in total. The molecular formula is C8H10N2O4. The lowest BCUT2D eigenvalue weighted by Gasteiger charge is -2.07. The van der Waals surface area contributed by atoms with E-state index in [0.29, 0.717) is 5.69 Å². The van der Waals surface area contributed by atoms with E-state index in [0.717, 1.165) is 6.07 Å². The Balaban J connectivity index is 3.33. The van der Waals surface area contributed by atoms with Crippen LogP contribution in [0.25, 0.3) is 0 Å². The molecule has 0 N–H and O–H groups in total.